The van der Waals surface area contributed by atoms with Gasteiger partial charge in [0.15, 0.2) is 0 Å². The molecule has 0 aromatic carbocycles. The van der Waals surface area contributed by atoms with Crippen LogP contribution < -0.4 is 15.4 Å². The van der Waals surface area contributed by atoms with E-state index in [0.717, 1.165) is 0 Å². The standard InChI is InChI=1S/C12H20N4O3S/c1-4-14-10-5-6-13-7-11(10)20(18,19)15-8-12(17)16-9(2)3/h5-7,9,15H,4,8H2,1-3H3,(H,13,14)(H,16,17). The predicted octanol–water partition coefficient (Wildman–Crippen LogP) is 0.316. The number of amides is 1. The molecule has 1 amide bonds. The Bertz CT molecular complexity index is 558. The monoisotopic (exact) mass is 300 g/mol. The zero-order valence-electron chi connectivity index (χ0n) is 11.8. The molecule has 0 radical (unpaired) electrons. The van der Waals surface area contributed by atoms with Crippen LogP contribution in [0.5, 0.6) is 0 Å². The van der Waals surface area contributed by atoms with Crippen molar-refractivity contribution in [2.75, 3.05) is 18.4 Å². The Morgan fingerprint density at radius 1 is 1.40 bits per heavy atom. The van der Waals surface area contributed by atoms with Gasteiger partial charge in [0.2, 0.25) is 15.9 Å². The van der Waals surface area contributed by atoms with Crippen LogP contribution >= 0.6 is 0 Å². The lowest BCUT2D eigenvalue weighted by atomic mass is 10.4. The minimum atomic E-state index is -3.78. The molecule has 0 saturated heterocycles. The van der Waals surface area contributed by atoms with Crippen molar-refractivity contribution in [3.8, 4) is 0 Å². The summed E-state index contributed by atoms with van der Waals surface area (Å²) in [6.07, 6.45) is 2.75. The van der Waals surface area contributed by atoms with E-state index in [1.165, 1.54) is 12.4 Å². The number of nitrogens with zero attached hydrogens (tertiary/aromatic N) is 1. The fourth-order valence-electron chi connectivity index (χ4n) is 1.54. The van der Waals surface area contributed by atoms with E-state index >= 15 is 0 Å². The van der Waals surface area contributed by atoms with Crippen molar-refractivity contribution in [1.82, 2.24) is 15.0 Å². The van der Waals surface area contributed by atoms with E-state index < -0.39 is 10.0 Å². The number of anilines is 1. The zero-order valence-corrected chi connectivity index (χ0v) is 12.6. The van der Waals surface area contributed by atoms with Gasteiger partial charge in [-0.25, -0.2) is 13.1 Å². The van der Waals surface area contributed by atoms with Gasteiger partial charge >= 0.3 is 0 Å². The number of hydrogen-bond acceptors (Lipinski definition) is 5. The van der Waals surface area contributed by atoms with E-state index in [9.17, 15) is 13.2 Å². The fourth-order valence-corrected chi connectivity index (χ4v) is 2.65. The van der Waals surface area contributed by atoms with Crippen LogP contribution in [0, 0.1) is 0 Å². The SMILES string of the molecule is CCNc1ccncc1S(=O)(=O)NCC(=O)NC(C)C. The van der Waals surface area contributed by atoms with Gasteiger partial charge in [0.05, 0.1) is 12.2 Å². The first-order valence-corrected chi connectivity index (χ1v) is 7.82. The van der Waals surface area contributed by atoms with Crippen molar-refractivity contribution in [2.24, 2.45) is 0 Å². The number of carbonyl (C=O) groups excluding carboxylic acids is 1. The minimum Gasteiger partial charge on any atom is -0.384 e. The quantitative estimate of drug-likeness (QED) is 0.673. The molecule has 1 aromatic heterocycles. The Labute approximate surface area is 119 Å². The summed E-state index contributed by atoms with van der Waals surface area (Å²) in [7, 11) is -3.78. The fraction of sp³-hybridized carbons (Fsp3) is 0.500. The van der Waals surface area contributed by atoms with Crippen LogP contribution in [0.25, 0.3) is 0 Å². The normalized spacial score (nSPS) is 11.4. The first-order valence-electron chi connectivity index (χ1n) is 6.33. The van der Waals surface area contributed by atoms with Crippen LogP contribution in [0.15, 0.2) is 23.4 Å². The molecule has 7 nitrogen and oxygen atoms in total. The summed E-state index contributed by atoms with van der Waals surface area (Å²) in [5, 5.41) is 5.55. The van der Waals surface area contributed by atoms with E-state index in [4.69, 9.17) is 0 Å². The second-order valence-electron chi connectivity index (χ2n) is 4.45. The Morgan fingerprint density at radius 2 is 2.10 bits per heavy atom. The summed E-state index contributed by atoms with van der Waals surface area (Å²) in [4.78, 5) is 15.3. The molecule has 0 spiro atoms. The van der Waals surface area contributed by atoms with Crippen LogP contribution in [0.1, 0.15) is 20.8 Å². The molecule has 0 aliphatic heterocycles. The maximum atomic E-state index is 12.1. The summed E-state index contributed by atoms with van der Waals surface area (Å²) < 4.78 is 26.6. The summed E-state index contributed by atoms with van der Waals surface area (Å²) in [6, 6.07) is 1.54. The van der Waals surface area contributed by atoms with Crippen molar-refractivity contribution >= 4 is 21.6 Å². The summed E-state index contributed by atoms with van der Waals surface area (Å²) >= 11 is 0. The smallest absolute Gasteiger partial charge is 0.244 e. The van der Waals surface area contributed by atoms with E-state index in [-0.39, 0.29) is 23.4 Å². The van der Waals surface area contributed by atoms with Crippen LogP contribution in [0.3, 0.4) is 0 Å². The molecule has 112 valence electrons. The molecule has 0 bridgehead atoms. The molecule has 1 rings (SSSR count). The van der Waals surface area contributed by atoms with Crippen molar-refractivity contribution in [2.45, 2.75) is 31.7 Å². The molecule has 0 aliphatic carbocycles. The second-order valence-corrected chi connectivity index (χ2v) is 6.18. The van der Waals surface area contributed by atoms with Crippen molar-refractivity contribution < 1.29 is 13.2 Å². The van der Waals surface area contributed by atoms with Crippen molar-refractivity contribution in [3.05, 3.63) is 18.5 Å². The van der Waals surface area contributed by atoms with Gasteiger partial charge in [-0.05, 0) is 26.8 Å². The van der Waals surface area contributed by atoms with Gasteiger partial charge in [-0.3, -0.25) is 9.78 Å². The van der Waals surface area contributed by atoms with Gasteiger partial charge in [0, 0.05) is 25.0 Å². The minimum absolute atomic E-state index is 0.0270. The molecule has 1 heterocycles. The number of pyridine rings is 1. The summed E-state index contributed by atoms with van der Waals surface area (Å²) in [5.41, 5.74) is 0.458. The molecule has 0 unspecified atom stereocenters. The van der Waals surface area contributed by atoms with E-state index in [1.807, 2.05) is 6.92 Å². The average Bonchev–Trinajstić information content (AvgIpc) is 2.37. The molecule has 0 saturated carbocycles. The molecule has 0 fully saturated rings. The highest BCUT2D eigenvalue weighted by atomic mass is 32.2. The Kier molecular flexibility index (Phi) is 5.90. The largest absolute Gasteiger partial charge is 0.384 e. The highest BCUT2D eigenvalue weighted by Crippen LogP contribution is 2.18. The first-order chi connectivity index (χ1) is 9.36. The lowest BCUT2D eigenvalue weighted by Crippen LogP contribution is -2.39. The predicted molar refractivity (Wildman–Crippen MR) is 76.9 cm³/mol. The zero-order chi connectivity index (χ0) is 15.2. The van der Waals surface area contributed by atoms with Crippen LogP contribution in [0.4, 0.5) is 5.69 Å². The molecule has 0 aliphatic rings. The molecule has 1 aromatic rings. The number of carbonyl (C=O) groups is 1. The van der Waals surface area contributed by atoms with Gasteiger partial charge in [0.25, 0.3) is 0 Å². The topological polar surface area (TPSA) is 100 Å². The highest BCUT2D eigenvalue weighted by molar-refractivity contribution is 7.89. The summed E-state index contributed by atoms with van der Waals surface area (Å²) in [6.45, 7) is 5.75. The average molecular weight is 300 g/mol. The lowest BCUT2D eigenvalue weighted by Gasteiger charge is -2.12. The molecule has 0 atom stereocenters. The summed E-state index contributed by atoms with van der Waals surface area (Å²) in [5.74, 6) is -0.377. The molecule has 3 N–H and O–H groups in total. The van der Waals surface area contributed by atoms with Gasteiger partial charge in [-0.1, -0.05) is 0 Å². The van der Waals surface area contributed by atoms with E-state index in [2.05, 4.69) is 20.3 Å². The van der Waals surface area contributed by atoms with E-state index in [1.54, 1.807) is 19.9 Å². The number of aromatic nitrogens is 1. The maximum Gasteiger partial charge on any atom is 0.244 e. The van der Waals surface area contributed by atoms with Gasteiger partial charge in [0.1, 0.15) is 4.90 Å². The number of sulfonamides is 1. The molecule has 20 heavy (non-hydrogen) atoms. The highest BCUT2D eigenvalue weighted by Gasteiger charge is 2.19. The van der Waals surface area contributed by atoms with Gasteiger partial charge < -0.3 is 10.6 Å². The Hall–Kier alpha value is -1.67. The van der Waals surface area contributed by atoms with Crippen molar-refractivity contribution in [1.29, 1.82) is 0 Å². The molecule has 8 heteroatoms. The third-order valence-electron chi connectivity index (χ3n) is 2.31. The van der Waals surface area contributed by atoms with Crippen molar-refractivity contribution in [3.63, 3.8) is 0 Å². The van der Waals surface area contributed by atoms with Crippen LogP contribution in [0.2, 0.25) is 0 Å². The van der Waals surface area contributed by atoms with E-state index in [0.29, 0.717) is 12.2 Å². The maximum absolute atomic E-state index is 12.1. The third-order valence-corrected chi connectivity index (χ3v) is 3.74. The van der Waals surface area contributed by atoms with Gasteiger partial charge in [-0.15, -0.1) is 0 Å². The van der Waals surface area contributed by atoms with Crippen LogP contribution in [-0.4, -0.2) is 38.4 Å². The number of nitrogens with one attached hydrogen (secondary N) is 3. The molecular weight excluding hydrogens is 280 g/mol. The molecular formula is C12H20N4O3S. The first kappa shape index (κ1) is 16.4. The second kappa shape index (κ2) is 7.20. The Morgan fingerprint density at radius 3 is 2.70 bits per heavy atom. The lowest BCUT2D eigenvalue weighted by molar-refractivity contribution is -0.120. The van der Waals surface area contributed by atoms with Gasteiger partial charge in [-0.2, -0.15) is 0 Å². The number of hydrogen-bond donors (Lipinski definition) is 3. The Balaban J connectivity index is 2.81. The third kappa shape index (κ3) is 4.78. The number of rotatable bonds is 7. The van der Waals surface area contributed by atoms with Crippen LogP contribution in [-0.2, 0) is 14.8 Å².